The van der Waals surface area contributed by atoms with E-state index in [9.17, 15) is 0 Å². The second-order valence-corrected chi connectivity index (χ2v) is 5.65. The molecule has 2 fully saturated rings. The highest BCUT2D eigenvalue weighted by Crippen LogP contribution is 2.23. The highest BCUT2D eigenvalue weighted by atomic mass is 16.5. The molecule has 104 valence electrons. The van der Waals surface area contributed by atoms with Crippen molar-refractivity contribution in [3.05, 3.63) is 0 Å². The maximum Gasteiger partial charge on any atom is 0.0972 e. The first kappa shape index (κ1) is 13.8. The van der Waals surface area contributed by atoms with E-state index in [-0.39, 0.29) is 0 Å². The van der Waals surface area contributed by atoms with Crippen molar-refractivity contribution in [2.75, 3.05) is 32.8 Å². The minimum atomic E-state index is 0.310. The van der Waals surface area contributed by atoms with E-state index in [4.69, 9.17) is 15.5 Å². The number of morpholine rings is 1. The van der Waals surface area contributed by atoms with Gasteiger partial charge in [-0.25, -0.2) is 0 Å². The van der Waals surface area contributed by atoms with E-state index in [0.717, 1.165) is 38.7 Å². The summed E-state index contributed by atoms with van der Waals surface area (Å²) in [6.07, 6.45) is 6.48. The summed E-state index contributed by atoms with van der Waals surface area (Å²) in [5, 5.41) is 0. The van der Waals surface area contributed by atoms with Crippen molar-refractivity contribution in [3.63, 3.8) is 0 Å². The predicted octanol–water partition coefficient (Wildman–Crippen LogP) is 1.64. The van der Waals surface area contributed by atoms with Crippen LogP contribution >= 0.6 is 0 Å². The first-order valence-electron chi connectivity index (χ1n) is 7.39. The lowest BCUT2D eigenvalue weighted by atomic mass is 9.88. The van der Waals surface area contributed by atoms with Gasteiger partial charge in [-0.05, 0) is 19.8 Å². The number of nitrogens with two attached hydrogens (primary N) is 1. The average molecular weight is 253 g/mol. The third kappa shape index (κ3) is 4.25. The van der Waals surface area contributed by atoms with Gasteiger partial charge in [0.05, 0.1) is 25.1 Å². The summed E-state index contributed by atoms with van der Waals surface area (Å²) in [6, 6.07) is 0.310. The summed E-state index contributed by atoms with van der Waals surface area (Å²) >= 11 is 0. The lowest BCUT2D eigenvalue weighted by Gasteiger charge is -2.28. The van der Waals surface area contributed by atoms with Crippen molar-refractivity contribution in [2.24, 2.45) is 16.6 Å². The summed E-state index contributed by atoms with van der Waals surface area (Å²) in [7, 11) is 0. The molecular formula is C14H27N3O. The van der Waals surface area contributed by atoms with Crippen LogP contribution in [0.3, 0.4) is 0 Å². The molecule has 0 radical (unpaired) electrons. The van der Waals surface area contributed by atoms with Crippen LogP contribution in [-0.2, 0) is 4.74 Å². The zero-order valence-electron chi connectivity index (χ0n) is 11.6. The summed E-state index contributed by atoms with van der Waals surface area (Å²) in [6.45, 7) is 6.96. The van der Waals surface area contributed by atoms with Crippen molar-refractivity contribution in [3.8, 4) is 0 Å². The van der Waals surface area contributed by atoms with Crippen LogP contribution in [0.1, 0.15) is 39.0 Å². The lowest BCUT2D eigenvalue weighted by Crippen LogP contribution is -2.40. The van der Waals surface area contributed by atoms with E-state index in [1.807, 2.05) is 0 Å². The Morgan fingerprint density at radius 1 is 1.28 bits per heavy atom. The van der Waals surface area contributed by atoms with Gasteiger partial charge < -0.3 is 10.5 Å². The van der Waals surface area contributed by atoms with Gasteiger partial charge in [0.25, 0.3) is 0 Å². The standard InChI is InChI=1S/C14H27N3O/c1-12(11-17-7-9-18-10-8-17)16-14(15)13-5-3-2-4-6-13/h12-13H,2-11H2,1H3,(H2,15,16). The number of rotatable bonds is 4. The highest BCUT2D eigenvalue weighted by molar-refractivity contribution is 5.83. The van der Waals surface area contributed by atoms with E-state index < -0.39 is 0 Å². The number of hydrogen-bond donors (Lipinski definition) is 1. The van der Waals surface area contributed by atoms with E-state index in [1.165, 1.54) is 32.1 Å². The minimum absolute atomic E-state index is 0.310. The van der Waals surface area contributed by atoms with Crippen molar-refractivity contribution in [1.29, 1.82) is 0 Å². The molecule has 4 heteroatoms. The molecule has 2 aliphatic rings. The van der Waals surface area contributed by atoms with Crippen LogP contribution in [0.15, 0.2) is 4.99 Å². The molecule has 18 heavy (non-hydrogen) atoms. The molecular weight excluding hydrogens is 226 g/mol. The number of amidine groups is 1. The predicted molar refractivity (Wildman–Crippen MR) is 74.9 cm³/mol. The zero-order chi connectivity index (χ0) is 12.8. The van der Waals surface area contributed by atoms with E-state index >= 15 is 0 Å². The Morgan fingerprint density at radius 2 is 1.94 bits per heavy atom. The molecule has 1 saturated heterocycles. The second kappa shape index (κ2) is 7.10. The average Bonchev–Trinajstić information content (AvgIpc) is 2.40. The van der Waals surface area contributed by atoms with E-state index in [0.29, 0.717) is 12.0 Å². The Hall–Kier alpha value is -0.610. The zero-order valence-corrected chi connectivity index (χ0v) is 11.6. The van der Waals surface area contributed by atoms with Crippen LogP contribution in [0.4, 0.5) is 0 Å². The first-order valence-corrected chi connectivity index (χ1v) is 7.39. The molecule has 1 unspecified atom stereocenters. The van der Waals surface area contributed by atoms with Crippen LogP contribution in [0, 0.1) is 5.92 Å². The normalized spacial score (nSPS) is 26.2. The van der Waals surface area contributed by atoms with Crippen molar-refractivity contribution < 1.29 is 4.74 Å². The molecule has 1 aliphatic heterocycles. The third-order valence-corrected chi connectivity index (χ3v) is 4.02. The Bertz CT molecular complexity index is 268. The Labute approximate surface area is 111 Å². The maximum atomic E-state index is 6.16. The molecule has 0 bridgehead atoms. The van der Waals surface area contributed by atoms with Gasteiger partial charge in [-0.15, -0.1) is 0 Å². The monoisotopic (exact) mass is 253 g/mol. The molecule has 0 amide bonds. The number of nitrogens with zero attached hydrogens (tertiary/aromatic N) is 2. The van der Waals surface area contributed by atoms with Gasteiger partial charge in [-0.1, -0.05) is 19.3 Å². The molecule has 0 spiro atoms. The summed E-state index contributed by atoms with van der Waals surface area (Å²) in [5.74, 6) is 1.45. The third-order valence-electron chi connectivity index (χ3n) is 4.02. The van der Waals surface area contributed by atoms with Crippen molar-refractivity contribution >= 4 is 5.84 Å². The molecule has 0 aromatic rings. The van der Waals surface area contributed by atoms with Gasteiger partial charge in [-0.3, -0.25) is 9.89 Å². The first-order chi connectivity index (χ1) is 8.75. The smallest absolute Gasteiger partial charge is 0.0972 e. The molecule has 0 aromatic heterocycles. The molecule has 1 aliphatic carbocycles. The lowest BCUT2D eigenvalue weighted by molar-refractivity contribution is 0.0361. The van der Waals surface area contributed by atoms with Crippen molar-refractivity contribution in [1.82, 2.24) is 4.90 Å². The number of aliphatic imine (C=N–C) groups is 1. The molecule has 2 rings (SSSR count). The molecule has 0 aromatic carbocycles. The van der Waals surface area contributed by atoms with Gasteiger partial charge in [-0.2, -0.15) is 0 Å². The van der Waals surface area contributed by atoms with E-state index in [1.54, 1.807) is 0 Å². The Kier molecular flexibility index (Phi) is 5.45. The largest absolute Gasteiger partial charge is 0.387 e. The van der Waals surface area contributed by atoms with Gasteiger partial charge in [0, 0.05) is 25.6 Å². The van der Waals surface area contributed by atoms with Gasteiger partial charge in [0.15, 0.2) is 0 Å². The second-order valence-electron chi connectivity index (χ2n) is 5.65. The van der Waals surface area contributed by atoms with Crippen LogP contribution < -0.4 is 5.73 Å². The fourth-order valence-corrected chi connectivity index (χ4v) is 2.96. The van der Waals surface area contributed by atoms with Crippen LogP contribution in [0.2, 0.25) is 0 Å². The van der Waals surface area contributed by atoms with E-state index in [2.05, 4.69) is 11.8 Å². The number of ether oxygens (including phenoxy) is 1. The Balaban J connectivity index is 1.78. The minimum Gasteiger partial charge on any atom is -0.387 e. The Morgan fingerprint density at radius 3 is 2.61 bits per heavy atom. The summed E-state index contributed by atoms with van der Waals surface area (Å²) in [4.78, 5) is 7.13. The fraction of sp³-hybridized carbons (Fsp3) is 0.929. The van der Waals surface area contributed by atoms with Crippen LogP contribution in [-0.4, -0.2) is 49.6 Å². The van der Waals surface area contributed by atoms with Gasteiger partial charge in [0.1, 0.15) is 0 Å². The van der Waals surface area contributed by atoms with Crippen LogP contribution in [0.5, 0.6) is 0 Å². The summed E-state index contributed by atoms with van der Waals surface area (Å²) in [5.41, 5.74) is 6.16. The van der Waals surface area contributed by atoms with Crippen molar-refractivity contribution in [2.45, 2.75) is 45.1 Å². The van der Waals surface area contributed by atoms with Gasteiger partial charge >= 0.3 is 0 Å². The molecule has 2 N–H and O–H groups in total. The summed E-state index contributed by atoms with van der Waals surface area (Å²) < 4.78 is 5.36. The highest BCUT2D eigenvalue weighted by Gasteiger charge is 2.18. The van der Waals surface area contributed by atoms with Gasteiger partial charge in [0.2, 0.25) is 0 Å². The SMILES string of the molecule is CC(CN1CCOCC1)N=C(N)C1CCCCC1. The molecule has 4 nitrogen and oxygen atoms in total. The quantitative estimate of drug-likeness (QED) is 0.612. The topological polar surface area (TPSA) is 50.8 Å². The maximum absolute atomic E-state index is 6.16. The fourth-order valence-electron chi connectivity index (χ4n) is 2.96. The molecule has 1 saturated carbocycles. The molecule has 1 heterocycles. The van der Waals surface area contributed by atoms with Crippen LogP contribution in [0.25, 0.3) is 0 Å². The molecule has 1 atom stereocenters. The number of hydrogen-bond acceptors (Lipinski definition) is 3.